The zero-order chi connectivity index (χ0) is 12.0. The fourth-order valence-electron chi connectivity index (χ4n) is 3.64. The van der Waals surface area contributed by atoms with Crippen LogP contribution in [0.1, 0.15) is 31.2 Å². The highest BCUT2D eigenvalue weighted by Gasteiger charge is 2.50. The van der Waals surface area contributed by atoms with Crippen molar-refractivity contribution in [3.8, 4) is 0 Å². The summed E-state index contributed by atoms with van der Waals surface area (Å²) in [5, 5.41) is 10.6. The average molecular weight is 238 g/mol. The Kier molecular flexibility index (Phi) is 2.47. The Morgan fingerprint density at radius 2 is 1.94 bits per heavy atom. The van der Waals surface area contributed by atoms with Crippen LogP contribution in [0.4, 0.5) is 8.78 Å². The molecule has 17 heavy (non-hydrogen) atoms. The number of hydrogen-bond donors (Lipinski definition) is 1. The molecule has 3 unspecified atom stereocenters. The quantitative estimate of drug-likeness (QED) is 0.839. The van der Waals surface area contributed by atoms with Crippen molar-refractivity contribution < 1.29 is 13.9 Å². The van der Waals surface area contributed by atoms with Crippen LogP contribution < -0.4 is 0 Å². The lowest BCUT2D eigenvalue weighted by atomic mass is 9.79. The van der Waals surface area contributed by atoms with Crippen molar-refractivity contribution in [2.24, 2.45) is 11.8 Å². The minimum absolute atomic E-state index is 0.0440. The van der Waals surface area contributed by atoms with Gasteiger partial charge in [-0.15, -0.1) is 0 Å². The number of halogens is 2. The second-order valence-corrected chi connectivity index (χ2v) is 5.56. The fourth-order valence-corrected chi connectivity index (χ4v) is 3.64. The van der Waals surface area contributed by atoms with E-state index in [0.717, 1.165) is 19.3 Å². The summed E-state index contributed by atoms with van der Waals surface area (Å²) in [6.45, 7) is 0. The van der Waals surface area contributed by atoms with Crippen LogP contribution in [0.15, 0.2) is 18.2 Å². The van der Waals surface area contributed by atoms with Crippen molar-refractivity contribution in [1.82, 2.24) is 0 Å². The Labute approximate surface area is 99.5 Å². The molecule has 1 aromatic carbocycles. The molecule has 0 heterocycles. The van der Waals surface area contributed by atoms with Gasteiger partial charge in [0.05, 0.1) is 5.60 Å². The topological polar surface area (TPSA) is 20.2 Å². The van der Waals surface area contributed by atoms with Crippen LogP contribution in [0, 0.1) is 23.5 Å². The highest BCUT2D eigenvalue weighted by atomic mass is 19.1. The van der Waals surface area contributed by atoms with E-state index >= 15 is 0 Å². The van der Waals surface area contributed by atoms with E-state index in [4.69, 9.17) is 0 Å². The maximum absolute atomic E-state index is 13.6. The highest BCUT2D eigenvalue weighted by molar-refractivity contribution is 5.23. The molecule has 0 spiro atoms. The zero-order valence-corrected chi connectivity index (χ0v) is 9.63. The van der Waals surface area contributed by atoms with Crippen LogP contribution in [0.5, 0.6) is 0 Å². The van der Waals surface area contributed by atoms with E-state index in [9.17, 15) is 13.9 Å². The minimum Gasteiger partial charge on any atom is -0.389 e. The van der Waals surface area contributed by atoms with Gasteiger partial charge in [0, 0.05) is 12.0 Å². The first-order valence-corrected chi connectivity index (χ1v) is 6.24. The maximum Gasteiger partial charge on any atom is 0.129 e. The van der Waals surface area contributed by atoms with E-state index in [1.165, 1.54) is 18.2 Å². The molecule has 2 bridgehead atoms. The second-order valence-electron chi connectivity index (χ2n) is 5.56. The molecule has 3 rings (SSSR count). The van der Waals surface area contributed by atoms with Gasteiger partial charge in [-0.3, -0.25) is 0 Å². The number of benzene rings is 1. The Balaban J connectivity index is 1.88. The van der Waals surface area contributed by atoms with Crippen LogP contribution in [-0.4, -0.2) is 10.7 Å². The predicted molar refractivity (Wildman–Crippen MR) is 60.5 cm³/mol. The molecular formula is C14H16F2O. The molecule has 2 aliphatic carbocycles. The van der Waals surface area contributed by atoms with Gasteiger partial charge >= 0.3 is 0 Å². The van der Waals surface area contributed by atoms with Gasteiger partial charge in [0.15, 0.2) is 0 Å². The van der Waals surface area contributed by atoms with Crippen molar-refractivity contribution in [2.45, 2.75) is 37.7 Å². The predicted octanol–water partition coefficient (Wildman–Crippen LogP) is 3.06. The third-order valence-corrected chi connectivity index (χ3v) is 4.49. The maximum atomic E-state index is 13.6. The first-order valence-electron chi connectivity index (χ1n) is 6.24. The largest absolute Gasteiger partial charge is 0.389 e. The number of hydrogen-bond acceptors (Lipinski definition) is 1. The molecular weight excluding hydrogens is 222 g/mol. The van der Waals surface area contributed by atoms with Gasteiger partial charge in [0.2, 0.25) is 0 Å². The SMILES string of the molecule is OC1(Cc2c(F)cccc2F)CC2CCC1C2. The first-order chi connectivity index (χ1) is 8.08. The average Bonchev–Trinajstić information content (AvgIpc) is 2.83. The normalized spacial score (nSPS) is 35.5. The Morgan fingerprint density at radius 1 is 1.24 bits per heavy atom. The molecule has 2 aliphatic rings. The van der Waals surface area contributed by atoms with E-state index in [2.05, 4.69) is 0 Å². The Hall–Kier alpha value is -0.960. The summed E-state index contributed by atoms with van der Waals surface area (Å²) in [5.41, 5.74) is -0.839. The van der Waals surface area contributed by atoms with Crippen molar-refractivity contribution in [2.75, 3.05) is 0 Å². The molecule has 1 N–H and O–H groups in total. The molecule has 1 aromatic rings. The zero-order valence-electron chi connectivity index (χ0n) is 9.63. The third-order valence-electron chi connectivity index (χ3n) is 4.49. The van der Waals surface area contributed by atoms with Gasteiger partial charge in [-0.25, -0.2) is 8.78 Å². The van der Waals surface area contributed by atoms with Crippen molar-refractivity contribution in [3.63, 3.8) is 0 Å². The molecule has 0 saturated heterocycles. The van der Waals surface area contributed by atoms with Crippen LogP contribution in [0.25, 0.3) is 0 Å². The Morgan fingerprint density at radius 3 is 2.47 bits per heavy atom. The number of aliphatic hydroxyl groups is 1. The van der Waals surface area contributed by atoms with Gasteiger partial charge in [0.1, 0.15) is 11.6 Å². The molecule has 92 valence electrons. The number of fused-ring (bicyclic) bond motifs is 2. The van der Waals surface area contributed by atoms with Crippen LogP contribution >= 0.6 is 0 Å². The van der Waals surface area contributed by atoms with Gasteiger partial charge in [-0.1, -0.05) is 6.07 Å². The second kappa shape index (κ2) is 3.77. The Bertz CT molecular complexity index is 426. The summed E-state index contributed by atoms with van der Waals surface area (Å²) < 4.78 is 27.1. The molecule has 0 amide bonds. The lowest BCUT2D eigenvalue weighted by Gasteiger charge is -2.32. The van der Waals surface area contributed by atoms with Gasteiger partial charge in [-0.2, -0.15) is 0 Å². The monoisotopic (exact) mass is 238 g/mol. The molecule has 2 fully saturated rings. The van der Waals surface area contributed by atoms with Gasteiger partial charge in [-0.05, 0) is 49.7 Å². The van der Waals surface area contributed by atoms with E-state index in [1.54, 1.807) is 0 Å². The summed E-state index contributed by atoms with van der Waals surface area (Å²) in [6.07, 6.45) is 3.99. The molecule has 0 aromatic heterocycles. The van der Waals surface area contributed by atoms with Gasteiger partial charge < -0.3 is 5.11 Å². The molecule has 0 radical (unpaired) electrons. The summed E-state index contributed by atoms with van der Waals surface area (Å²) in [6, 6.07) is 3.88. The third kappa shape index (κ3) is 1.77. The molecule has 3 heteroatoms. The standard InChI is InChI=1S/C14H16F2O/c15-12-2-1-3-13(16)11(12)8-14(17)7-9-4-5-10(14)6-9/h1-3,9-10,17H,4-8H2. The molecule has 1 nitrogen and oxygen atoms in total. The lowest BCUT2D eigenvalue weighted by Crippen LogP contribution is -2.38. The lowest BCUT2D eigenvalue weighted by molar-refractivity contribution is -0.0138. The summed E-state index contributed by atoms with van der Waals surface area (Å²) in [4.78, 5) is 0. The smallest absolute Gasteiger partial charge is 0.129 e. The first kappa shape index (κ1) is 11.1. The number of rotatable bonds is 2. The van der Waals surface area contributed by atoms with Crippen molar-refractivity contribution in [1.29, 1.82) is 0 Å². The summed E-state index contributed by atoms with van der Waals surface area (Å²) in [7, 11) is 0. The minimum atomic E-state index is -0.883. The van der Waals surface area contributed by atoms with Crippen molar-refractivity contribution >= 4 is 0 Å². The van der Waals surface area contributed by atoms with E-state index < -0.39 is 17.2 Å². The van der Waals surface area contributed by atoms with E-state index in [1.807, 2.05) is 0 Å². The van der Waals surface area contributed by atoms with E-state index in [-0.39, 0.29) is 17.9 Å². The summed E-state index contributed by atoms with van der Waals surface area (Å²) >= 11 is 0. The van der Waals surface area contributed by atoms with Gasteiger partial charge in [0.25, 0.3) is 0 Å². The molecule has 2 saturated carbocycles. The van der Waals surface area contributed by atoms with Crippen LogP contribution in [-0.2, 0) is 6.42 Å². The van der Waals surface area contributed by atoms with Crippen LogP contribution in [0.3, 0.4) is 0 Å². The highest BCUT2D eigenvalue weighted by Crippen LogP contribution is 2.52. The molecule has 0 aliphatic heterocycles. The summed E-state index contributed by atoms with van der Waals surface area (Å²) in [5.74, 6) is -0.297. The van der Waals surface area contributed by atoms with Crippen LogP contribution in [0.2, 0.25) is 0 Å². The fraction of sp³-hybridized carbons (Fsp3) is 0.571. The molecule has 3 atom stereocenters. The van der Waals surface area contributed by atoms with Crippen molar-refractivity contribution in [3.05, 3.63) is 35.4 Å². The van der Waals surface area contributed by atoms with E-state index in [0.29, 0.717) is 12.3 Å².